The maximum absolute atomic E-state index is 10.8. The van der Waals surface area contributed by atoms with Gasteiger partial charge in [0.2, 0.25) is 5.96 Å². The molecule has 0 aromatic heterocycles. The molecule has 0 spiro atoms. The highest BCUT2D eigenvalue weighted by Crippen LogP contribution is 1.88. The van der Waals surface area contributed by atoms with E-state index in [-0.39, 0.29) is 24.7 Å². The number of nitrogens with two attached hydrogens (primary N) is 2. The number of rotatable bonds is 2. The number of amides is 1. The van der Waals surface area contributed by atoms with Gasteiger partial charge < -0.3 is 20.9 Å². The highest BCUT2D eigenvalue weighted by Gasteiger charge is 2.02. The Kier molecular flexibility index (Phi) is 5.84. The molecule has 86 valence electrons. The Labute approximate surface area is 88.2 Å². The van der Waals surface area contributed by atoms with Crippen molar-refractivity contribution in [1.82, 2.24) is 0 Å². The molecule has 0 unspecified atom stereocenters. The summed E-state index contributed by atoms with van der Waals surface area (Å²) >= 11 is 0. The van der Waals surface area contributed by atoms with E-state index in [1.54, 1.807) is 20.8 Å². The summed E-state index contributed by atoms with van der Waals surface area (Å²) in [4.78, 5) is 17.7. The molecule has 0 radical (unpaired) electrons. The minimum absolute atomic E-state index is 0.121. The molecule has 0 aromatic rings. The summed E-state index contributed by atoms with van der Waals surface area (Å²) in [5.74, 6) is -0.299. The number of carbonyl (C=O) groups excluding carboxylic acids is 1. The van der Waals surface area contributed by atoms with Gasteiger partial charge in [-0.2, -0.15) is 4.99 Å². The quantitative estimate of drug-likeness (QED) is 0.505. The average Bonchev–Trinajstić information content (AvgIpc) is 2.00. The van der Waals surface area contributed by atoms with Crippen LogP contribution in [0.3, 0.4) is 0 Å². The molecular formula is C8H16N4O3. The number of carbonyl (C=O) groups is 1. The lowest BCUT2D eigenvalue weighted by Crippen LogP contribution is -2.24. The summed E-state index contributed by atoms with van der Waals surface area (Å²) in [5, 5.41) is 0. The van der Waals surface area contributed by atoms with E-state index >= 15 is 0 Å². The van der Waals surface area contributed by atoms with E-state index in [0.717, 1.165) is 0 Å². The van der Waals surface area contributed by atoms with Gasteiger partial charge in [0.05, 0.1) is 12.7 Å². The lowest BCUT2D eigenvalue weighted by atomic mass is 10.5. The van der Waals surface area contributed by atoms with Gasteiger partial charge >= 0.3 is 6.09 Å². The third-order valence-corrected chi connectivity index (χ3v) is 1.05. The molecule has 0 heterocycles. The summed E-state index contributed by atoms with van der Waals surface area (Å²) in [6, 6.07) is -0.143. The van der Waals surface area contributed by atoms with Crippen molar-refractivity contribution in [2.45, 2.75) is 26.9 Å². The standard InChI is InChI=1S/C8H16N4O3/c1-4-14-8(13)12-6(9)11-7(10)15-5(2)3/h5H,4H2,1-3H3,(H4,9,10,11,12,13). The van der Waals surface area contributed by atoms with Crippen molar-refractivity contribution in [3.05, 3.63) is 0 Å². The molecule has 0 saturated carbocycles. The molecule has 1 amide bonds. The first-order chi connectivity index (χ1) is 6.95. The summed E-state index contributed by atoms with van der Waals surface area (Å²) < 4.78 is 9.50. The molecule has 15 heavy (non-hydrogen) atoms. The van der Waals surface area contributed by atoms with Crippen molar-refractivity contribution in [2.24, 2.45) is 21.5 Å². The lowest BCUT2D eigenvalue weighted by molar-refractivity contribution is 0.163. The summed E-state index contributed by atoms with van der Waals surface area (Å²) in [7, 11) is 0. The molecule has 4 N–H and O–H groups in total. The topological polar surface area (TPSA) is 112 Å². The Morgan fingerprint density at radius 3 is 2.40 bits per heavy atom. The van der Waals surface area contributed by atoms with E-state index in [9.17, 15) is 4.79 Å². The molecule has 7 nitrogen and oxygen atoms in total. The Balaban J connectivity index is 4.32. The zero-order chi connectivity index (χ0) is 11.8. The van der Waals surface area contributed by atoms with Crippen LogP contribution >= 0.6 is 0 Å². The molecular weight excluding hydrogens is 200 g/mol. The molecule has 0 aliphatic rings. The van der Waals surface area contributed by atoms with E-state index in [1.165, 1.54) is 0 Å². The number of nitrogens with zero attached hydrogens (tertiary/aromatic N) is 2. The van der Waals surface area contributed by atoms with Gasteiger partial charge in [0.25, 0.3) is 6.02 Å². The first kappa shape index (κ1) is 13.2. The minimum atomic E-state index is -0.809. The Morgan fingerprint density at radius 2 is 1.93 bits per heavy atom. The second-order valence-electron chi connectivity index (χ2n) is 2.79. The van der Waals surface area contributed by atoms with Crippen LogP contribution in [0.2, 0.25) is 0 Å². The molecule has 0 aliphatic carbocycles. The molecule has 0 saturated heterocycles. The van der Waals surface area contributed by atoms with Gasteiger partial charge in [0.15, 0.2) is 0 Å². The van der Waals surface area contributed by atoms with Crippen LogP contribution in [0.4, 0.5) is 4.79 Å². The molecule has 0 bridgehead atoms. The third kappa shape index (κ3) is 7.29. The molecule has 0 rings (SSSR count). The van der Waals surface area contributed by atoms with Crippen molar-refractivity contribution in [3.8, 4) is 0 Å². The van der Waals surface area contributed by atoms with Crippen LogP contribution < -0.4 is 11.5 Å². The average molecular weight is 216 g/mol. The Morgan fingerprint density at radius 1 is 1.33 bits per heavy atom. The van der Waals surface area contributed by atoms with Crippen molar-refractivity contribution < 1.29 is 14.3 Å². The second kappa shape index (κ2) is 6.63. The molecule has 0 aromatic carbocycles. The van der Waals surface area contributed by atoms with Gasteiger partial charge in [-0.05, 0) is 20.8 Å². The first-order valence-corrected chi connectivity index (χ1v) is 4.47. The van der Waals surface area contributed by atoms with Crippen LogP contribution in [0.1, 0.15) is 20.8 Å². The van der Waals surface area contributed by atoms with Crippen molar-refractivity contribution in [1.29, 1.82) is 0 Å². The van der Waals surface area contributed by atoms with Crippen molar-refractivity contribution in [3.63, 3.8) is 0 Å². The number of ether oxygens (including phenoxy) is 2. The summed E-state index contributed by atoms with van der Waals surface area (Å²) in [6.07, 6.45) is -0.930. The fraction of sp³-hybridized carbons (Fsp3) is 0.625. The summed E-state index contributed by atoms with van der Waals surface area (Å²) in [5.41, 5.74) is 10.6. The van der Waals surface area contributed by atoms with Crippen LogP contribution in [0, 0.1) is 0 Å². The van der Waals surface area contributed by atoms with Crippen molar-refractivity contribution >= 4 is 18.1 Å². The highest BCUT2D eigenvalue weighted by atomic mass is 16.5. The zero-order valence-electron chi connectivity index (χ0n) is 9.06. The van der Waals surface area contributed by atoms with E-state index in [4.69, 9.17) is 16.2 Å². The van der Waals surface area contributed by atoms with E-state index in [0.29, 0.717) is 0 Å². The van der Waals surface area contributed by atoms with E-state index < -0.39 is 6.09 Å². The number of guanidine groups is 1. The van der Waals surface area contributed by atoms with Crippen LogP contribution in [-0.2, 0) is 9.47 Å². The first-order valence-electron chi connectivity index (χ1n) is 4.47. The van der Waals surface area contributed by atoms with E-state index in [1.807, 2.05) is 0 Å². The molecule has 7 heteroatoms. The third-order valence-electron chi connectivity index (χ3n) is 1.05. The van der Waals surface area contributed by atoms with Gasteiger partial charge in [-0.15, -0.1) is 4.99 Å². The SMILES string of the molecule is CCOC(=O)N=C(N)/N=C(\N)OC(C)C. The van der Waals surface area contributed by atoms with Crippen LogP contribution in [0.15, 0.2) is 9.98 Å². The maximum atomic E-state index is 10.8. The van der Waals surface area contributed by atoms with Crippen LogP contribution in [0.5, 0.6) is 0 Å². The fourth-order valence-electron chi connectivity index (χ4n) is 0.655. The lowest BCUT2D eigenvalue weighted by Gasteiger charge is -2.06. The number of aliphatic imine (C=N–C) groups is 2. The monoisotopic (exact) mass is 216 g/mol. The predicted octanol–water partition coefficient (Wildman–Crippen LogP) is 0.197. The minimum Gasteiger partial charge on any atom is -0.462 e. The number of amidine groups is 1. The smallest absolute Gasteiger partial charge is 0.436 e. The molecule has 0 aliphatic heterocycles. The Hall–Kier alpha value is -1.79. The van der Waals surface area contributed by atoms with Crippen LogP contribution in [-0.4, -0.2) is 30.8 Å². The Bertz CT molecular complexity index is 273. The van der Waals surface area contributed by atoms with Gasteiger partial charge in [0.1, 0.15) is 0 Å². The maximum Gasteiger partial charge on any atom is 0.436 e. The highest BCUT2D eigenvalue weighted by molar-refractivity contribution is 5.95. The normalized spacial score (nSPS) is 12.8. The van der Waals surface area contributed by atoms with Gasteiger partial charge in [-0.25, -0.2) is 4.79 Å². The largest absolute Gasteiger partial charge is 0.462 e. The summed E-state index contributed by atoms with van der Waals surface area (Å²) in [6.45, 7) is 5.43. The zero-order valence-corrected chi connectivity index (χ0v) is 9.06. The van der Waals surface area contributed by atoms with Crippen molar-refractivity contribution in [2.75, 3.05) is 6.61 Å². The number of hydrogen-bond acceptors (Lipinski definition) is 3. The second-order valence-corrected chi connectivity index (χ2v) is 2.79. The van der Waals surface area contributed by atoms with Gasteiger partial charge in [-0.3, -0.25) is 0 Å². The molecule has 0 fully saturated rings. The van der Waals surface area contributed by atoms with Crippen LogP contribution in [0.25, 0.3) is 0 Å². The van der Waals surface area contributed by atoms with Gasteiger partial charge in [0, 0.05) is 0 Å². The number of hydrogen-bond donors (Lipinski definition) is 2. The molecule has 0 atom stereocenters. The predicted molar refractivity (Wildman–Crippen MR) is 56.5 cm³/mol. The fourth-order valence-corrected chi connectivity index (χ4v) is 0.655. The van der Waals surface area contributed by atoms with E-state index in [2.05, 4.69) is 14.7 Å². The van der Waals surface area contributed by atoms with Gasteiger partial charge in [-0.1, -0.05) is 0 Å².